The predicted molar refractivity (Wildman–Crippen MR) is 85.5 cm³/mol. The molecule has 6 heteroatoms. The van der Waals surface area contributed by atoms with Gasteiger partial charge in [-0.2, -0.15) is 0 Å². The molecule has 0 saturated carbocycles. The van der Waals surface area contributed by atoms with Gasteiger partial charge in [0.25, 0.3) is 5.91 Å². The number of anilines is 1. The normalized spacial score (nSPS) is 10.4. The quantitative estimate of drug-likeness (QED) is 0.854. The van der Waals surface area contributed by atoms with Crippen molar-refractivity contribution in [2.45, 2.75) is 26.8 Å². The van der Waals surface area contributed by atoms with Gasteiger partial charge in [0.15, 0.2) is 5.69 Å². The number of aromatic nitrogens is 2. The summed E-state index contributed by atoms with van der Waals surface area (Å²) in [5, 5.41) is 13.2. The highest BCUT2D eigenvalue weighted by Gasteiger charge is 2.16. The lowest BCUT2D eigenvalue weighted by molar-refractivity contribution is 0.0747. The zero-order valence-corrected chi connectivity index (χ0v) is 13.2. The van der Waals surface area contributed by atoms with Gasteiger partial charge in [-0.15, -0.1) is 21.5 Å². The van der Waals surface area contributed by atoms with E-state index in [4.69, 9.17) is 0 Å². The fourth-order valence-electron chi connectivity index (χ4n) is 1.87. The Bertz CT molecular complexity index is 554. The third-order valence-corrected chi connectivity index (χ3v) is 3.90. The number of nitrogens with one attached hydrogen (secondary N) is 1. The van der Waals surface area contributed by atoms with Crippen LogP contribution in [0.3, 0.4) is 0 Å². The summed E-state index contributed by atoms with van der Waals surface area (Å²) in [7, 11) is 0. The smallest absolute Gasteiger partial charge is 0.274 e. The molecule has 0 saturated heterocycles. The van der Waals surface area contributed by atoms with E-state index < -0.39 is 0 Å². The van der Waals surface area contributed by atoms with Crippen LogP contribution >= 0.6 is 11.3 Å². The Hall–Kier alpha value is -1.95. The van der Waals surface area contributed by atoms with Crippen LogP contribution in [0.5, 0.6) is 0 Å². The van der Waals surface area contributed by atoms with Crippen LogP contribution in [0, 0.1) is 0 Å². The largest absolute Gasteiger partial charge is 0.369 e. The van der Waals surface area contributed by atoms with Crippen molar-refractivity contribution in [3.8, 4) is 0 Å². The van der Waals surface area contributed by atoms with E-state index >= 15 is 0 Å². The van der Waals surface area contributed by atoms with Crippen molar-refractivity contribution in [2.24, 2.45) is 0 Å². The fraction of sp³-hybridized carbons (Fsp3) is 0.400. The molecule has 0 atom stereocenters. The molecule has 2 aromatic heterocycles. The second-order valence-corrected chi connectivity index (χ2v) is 5.66. The summed E-state index contributed by atoms with van der Waals surface area (Å²) in [5.41, 5.74) is 0.385. The van der Waals surface area contributed by atoms with E-state index in [9.17, 15) is 4.79 Å². The first kappa shape index (κ1) is 15.4. The summed E-state index contributed by atoms with van der Waals surface area (Å²) >= 11 is 1.65. The first-order chi connectivity index (χ1) is 10.2. The average molecular weight is 304 g/mol. The molecule has 0 fully saturated rings. The van der Waals surface area contributed by atoms with Crippen LogP contribution in [0.1, 0.15) is 35.6 Å². The van der Waals surface area contributed by atoms with Crippen LogP contribution in [0.15, 0.2) is 29.6 Å². The van der Waals surface area contributed by atoms with Gasteiger partial charge < -0.3 is 10.2 Å². The number of hydrogen-bond donors (Lipinski definition) is 1. The van der Waals surface area contributed by atoms with Crippen molar-refractivity contribution >= 4 is 23.1 Å². The number of thiophene rings is 1. The number of carbonyl (C=O) groups excluding carboxylic acids is 1. The molecular formula is C15H20N4OS. The highest BCUT2D eigenvalue weighted by atomic mass is 32.1. The monoisotopic (exact) mass is 304 g/mol. The van der Waals surface area contributed by atoms with E-state index in [-0.39, 0.29) is 5.91 Å². The van der Waals surface area contributed by atoms with Crippen molar-refractivity contribution in [1.29, 1.82) is 0 Å². The molecule has 0 radical (unpaired) electrons. The van der Waals surface area contributed by atoms with Crippen molar-refractivity contribution < 1.29 is 4.79 Å². The number of rotatable bonds is 7. The van der Waals surface area contributed by atoms with E-state index in [1.54, 1.807) is 28.4 Å². The maximum Gasteiger partial charge on any atom is 0.274 e. The Morgan fingerprint density at radius 1 is 1.29 bits per heavy atom. The van der Waals surface area contributed by atoms with Crippen LogP contribution in [-0.2, 0) is 6.54 Å². The molecule has 21 heavy (non-hydrogen) atoms. The minimum absolute atomic E-state index is 0.0829. The molecule has 1 N–H and O–H groups in total. The van der Waals surface area contributed by atoms with Gasteiger partial charge in [-0.25, -0.2) is 0 Å². The SMILES string of the molecule is CCCNc1ccc(C(=O)N(CC)Cc2cccs2)nn1. The molecular weight excluding hydrogens is 284 g/mol. The summed E-state index contributed by atoms with van der Waals surface area (Å²) < 4.78 is 0. The molecule has 0 aromatic carbocycles. The molecule has 0 spiro atoms. The van der Waals surface area contributed by atoms with Gasteiger partial charge in [0.1, 0.15) is 5.82 Å². The fourth-order valence-corrected chi connectivity index (χ4v) is 2.59. The average Bonchev–Trinajstić information content (AvgIpc) is 3.03. The molecule has 0 unspecified atom stereocenters. The van der Waals surface area contributed by atoms with Crippen molar-refractivity contribution in [3.05, 3.63) is 40.2 Å². The minimum atomic E-state index is -0.0829. The molecule has 5 nitrogen and oxygen atoms in total. The second-order valence-electron chi connectivity index (χ2n) is 4.63. The second kappa shape index (κ2) is 7.73. The van der Waals surface area contributed by atoms with Gasteiger partial charge in [-0.3, -0.25) is 4.79 Å². The van der Waals surface area contributed by atoms with Crippen LogP contribution < -0.4 is 5.32 Å². The summed E-state index contributed by atoms with van der Waals surface area (Å²) in [4.78, 5) is 15.4. The lowest BCUT2D eigenvalue weighted by atomic mass is 10.3. The van der Waals surface area contributed by atoms with Crippen molar-refractivity contribution in [1.82, 2.24) is 15.1 Å². The van der Waals surface area contributed by atoms with E-state index in [0.717, 1.165) is 13.0 Å². The summed E-state index contributed by atoms with van der Waals surface area (Å²) in [6.45, 7) is 6.17. The van der Waals surface area contributed by atoms with Crippen LogP contribution in [0.4, 0.5) is 5.82 Å². The van der Waals surface area contributed by atoms with Gasteiger partial charge in [0.05, 0.1) is 6.54 Å². The van der Waals surface area contributed by atoms with Crippen LogP contribution in [-0.4, -0.2) is 34.1 Å². The molecule has 2 aromatic rings. The maximum atomic E-state index is 12.4. The molecule has 2 rings (SSSR count). The topological polar surface area (TPSA) is 58.1 Å². The Morgan fingerprint density at radius 3 is 2.71 bits per heavy atom. The van der Waals surface area contributed by atoms with Gasteiger partial charge >= 0.3 is 0 Å². The first-order valence-electron chi connectivity index (χ1n) is 7.13. The van der Waals surface area contributed by atoms with E-state index in [2.05, 4.69) is 22.4 Å². The highest BCUT2D eigenvalue weighted by molar-refractivity contribution is 7.09. The van der Waals surface area contributed by atoms with Gasteiger partial charge in [-0.05, 0) is 36.9 Å². The predicted octanol–water partition coefficient (Wildman–Crippen LogP) is 3.02. The van der Waals surface area contributed by atoms with E-state index in [1.165, 1.54) is 4.88 Å². The van der Waals surface area contributed by atoms with Crippen molar-refractivity contribution in [3.63, 3.8) is 0 Å². The molecule has 0 bridgehead atoms. The Balaban J connectivity index is 2.03. The summed E-state index contributed by atoms with van der Waals surface area (Å²) in [6, 6.07) is 7.55. The standard InChI is InChI=1S/C15H20N4OS/c1-3-9-16-14-8-7-13(17-18-14)15(20)19(4-2)11-12-6-5-10-21-12/h5-8,10H,3-4,9,11H2,1-2H3,(H,16,18). The lowest BCUT2D eigenvalue weighted by Crippen LogP contribution is -2.30. The molecule has 2 heterocycles. The third kappa shape index (κ3) is 4.26. The zero-order valence-electron chi connectivity index (χ0n) is 12.4. The summed E-state index contributed by atoms with van der Waals surface area (Å²) in [5.74, 6) is 0.621. The van der Waals surface area contributed by atoms with Crippen molar-refractivity contribution in [2.75, 3.05) is 18.4 Å². The van der Waals surface area contributed by atoms with Crippen LogP contribution in [0.25, 0.3) is 0 Å². The lowest BCUT2D eigenvalue weighted by Gasteiger charge is -2.19. The molecule has 0 aliphatic carbocycles. The maximum absolute atomic E-state index is 12.4. The molecule has 0 aliphatic heterocycles. The third-order valence-electron chi connectivity index (χ3n) is 3.04. The van der Waals surface area contributed by atoms with Gasteiger partial charge in [0.2, 0.25) is 0 Å². The van der Waals surface area contributed by atoms with E-state index in [1.807, 2.05) is 24.4 Å². The Morgan fingerprint density at radius 2 is 2.14 bits per heavy atom. The number of nitrogens with zero attached hydrogens (tertiary/aromatic N) is 3. The Kier molecular flexibility index (Phi) is 5.68. The molecule has 0 aliphatic rings. The van der Waals surface area contributed by atoms with Crippen LogP contribution in [0.2, 0.25) is 0 Å². The van der Waals surface area contributed by atoms with E-state index in [0.29, 0.717) is 24.6 Å². The highest BCUT2D eigenvalue weighted by Crippen LogP contribution is 2.14. The summed E-state index contributed by atoms with van der Waals surface area (Å²) in [6.07, 6.45) is 1.02. The first-order valence-corrected chi connectivity index (χ1v) is 8.01. The van der Waals surface area contributed by atoms with Gasteiger partial charge in [0, 0.05) is 18.0 Å². The molecule has 1 amide bonds. The number of amides is 1. The number of carbonyl (C=O) groups is 1. The molecule has 112 valence electrons. The van der Waals surface area contributed by atoms with Gasteiger partial charge in [-0.1, -0.05) is 13.0 Å². The zero-order chi connectivity index (χ0) is 15.1. The Labute approximate surface area is 129 Å². The number of hydrogen-bond acceptors (Lipinski definition) is 5. The minimum Gasteiger partial charge on any atom is -0.369 e.